The van der Waals surface area contributed by atoms with Gasteiger partial charge in [0.1, 0.15) is 0 Å². The van der Waals surface area contributed by atoms with Gasteiger partial charge in [0.25, 0.3) is 0 Å². The van der Waals surface area contributed by atoms with Crippen LogP contribution in [0.25, 0.3) is 0 Å². The van der Waals surface area contributed by atoms with Crippen LogP contribution in [0, 0.1) is 5.92 Å². The lowest BCUT2D eigenvalue weighted by Crippen LogP contribution is -2.41. The van der Waals surface area contributed by atoms with E-state index in [2.05, 4.69) is 10.2 Å². The predicted molar refractivity (Wildman–Crippen MR) is 64.3 cm³/mol. The summed E-state index contributed by atoms with van der Waals surface area (Å²) in [4.78, 5) is 15.9. The molecule has 0 bridgehead atoms. The number of nitrogens with zero attached hydrogens (tertiary/aromatic N) is 2. The lowest BCUT2D eigenvalue weighted by Gasteiger charge is -2.24. The Morgan fingerprint density at radius 2 is 2.31 bits per heavy atom. The number of carbonyl (C=O) groups excluding carboxylic acids is 1. The lowest BCUT2D eigenvalue weighted by molar-refractivity contribution is -0.130. The second-order valence-corrected chi connectivity index (χ2v) is 5.06. The van der Waals surface area contributed by atoms with Crippen molar-refractivity contribution in [1.29, 1.82) is 0 Å². The van der Waals surface area contributed by atoms with E-state index in [4.69, 9.17) is 0 Å². The Bertz CT molecular complexity index is 243. The number of carbonyl (C=O) groups is 1. The molecule has 0 aliphatic carbocycles. The van der Waals surface area contributed by atoms with Crippen LogP contribution < -0.4 is 5.32 Å². The zero-order chi connectivity index (χ0) is 11.5. The Balaban J connectivity index is 1.82. The average Bonchev–Trinajstić information content (AvgIpc) is 2.69. The van der Waals surface area contributed by atoms with Crippen molar-refractivity contribution < 1.29 is 4.79 Å². The summed E-state index contributed by atoms with van der Waals surface area (Å²) < 4.78 is 0. The van der Waals surface area contributed by atoms with Gasteiger partial charge in [0.05, 0.1) is 6.54 Å². The molecule has 4 heteroatoms. The molecular weight excluding hydrogens is 202 g/mol. The van der Waals surface area contributed by atoms with Gasteiger partial charge in [-0.05, 0) is 32.2 Å². The molecule has 2 fully saturated rings. The van der Waals surface area contributed by atoms with Crippen molar-refractivity contribution in [3.05, 3.63) is 0 Å². The van der Waals surface area contributed by atoms with Gasteiger partial charge in [-0.3, -0.25) is 9.69 Å². The van der Waals surface area contributed by atoms with Crippen molar-refractivity contribution in [2.24, 2.45) is 5.92 Å². The Hall–Kier alpha value is -0.610. The van der Waals surface area contributed by atoms with Crippen LogP contribution in [0.1, 0.15) is 19.8 Å². The number of nitrogens with one attached hydrogen (secondary N) is 1. The van der Waals surface area contributed by atoms with Gasteiger partial charge in [-0.1, -0.05) is 0 Å². The van der Waals surface area contributed by atoms with Gasteiger partial charge in [0, 0.05) is 32.7 Å². The first-order chi connectivity index (χ1) is 7.70. The normalized spacial score (nSPS) is 30.1. The summed E-state index contributed by atoms with van der Waals surface area (Å²) in [7, 11) is 1.88. The first-order valence-electron chi connectivity index (χ1n) is 6.40. The summed E-state index contributed by atoms with van der Waals surface area (Å²) in [6.45, 7) is 6.72. The highest BCUT2D eigenvalue weighted by atomic mass is 16.2. The fourth-order valence-electron chi connectivity index (χ4n) is 2.75. The molecule has 1 amide bonds. The second-order valence-electron chi connectivity index (χ2n) is 5.06. The molecule has 0 radical (unpaired) electrons. The molecule has 16 heavy (non-hydrogen) atoms. The molecule has 1 N–H and O–H groups in total. The molecule has 92 valence electrons. The van der Waals surface area contributed by atoms with Crippen LogP contribution >= 0.6 is 0 Å². The van der Waals surface area contributed by atoms with Gasteiger partial charge in [-0.2, -0.15) is 0 Å². The highest BCUT2D eigenvalue weighted by molar-refractivity contribution is 5.77. The number of hydrogen-bond donors (Lipinski definition) is 1. The summed E-state index contributed by atoms with van der Waals surface area (Å²) in [6.07, 6.45) is 2.61. The molecule has 2 atom stereocenters. The summed E-state index contributed by atoms with van der Waals surface area (Å²) in [5, 5.41) is 3.56. The highest BCUT2D eigenvalue weighted by Crippen LogP contribution is 2.24. The number of fused-ring (bicyclic) bond motifs is 1. The largest absolute Gasteiger partial charge is 0.345 e. The standard InChI is InChI=1S/C12H23N3O/c1-3-14(2)12(16)9-15-7-10-5-4-6-13-11(10)8-15/h10-11,13H,3-9H2,1-2H3. The molecule has 2 saturated heterocycles. The summed E-state index contributed by atoms with van der Waals surface area (Å²) >= 11 is 0. The topological polar surface area (TPSA) is 35.6 Å². The summed E-state index contributed by atoms with van der Waals surface area (Å²) in [6, 6.07) is 0.633. The van der Waals surface area contributed by atoms with Gasteiger partial charge in [0.2, 0.25) is 5.91 Å². The molecule has 0 aromatic carbocycles. The fraction of sp³-hybridized carbons (Fsp3) is 0.917. The number of hydrogen-bond acceptors (Lipinski definition) is 3. The van der Waals surface area contributed by atoms with Crippen LogP contribution in [-0.4, -0.2) is 61.5 Å². The Morgan fingerprint density at radius 3 is 3.00 bits per heavy atom. The maximum Gasteiger partial charge on any atom is 0.236 e. The molecule has 0 spiro atoms. The Kier molecular flexibility index (Phi) is 3.82. The van der Waals surface area contributed by atoms with Crippen LogP contribution in [0.15, 0.2) is 0 Å². The Morgan fingerprint density at radius 1 is 1.50 bits per heavy atom. The zero-order valence-electron chi connectivity index (χ0n) is 10.4. The molecule has 2 aliphatic heterocycles. The quantitative estimate of drug-likeness (QED) is 0.742. The van der Waals surface area contributed by atoms with E-state index in [0.29, 0.717) is 12.6 Å². The van der Waals surface area contributed by atoms with Gasteiger partial charge in [0.15, 0.2) is 0 Å². The zero-order valence-corrected chi connectivity index (χ0v) is 10.4. The minimum absolute atomic E-state index is 0.251. The number of piperidine rings is 1. The van der Waals surface area contributed by atoms with E-state index in [1.165, 1.54) is 12.8 Å². The monoisotopic (exact) mass is 225 g/mol. The van der Waals surface area contributed by atoms with Crippen LogP contribution in [0.5, 0.6) is 0 Å². The number of likely N-dealkylation sites (tertiary alicyclic amines) is 1. The van der Waals surface area contributed by atoms with E-state index in [0.717, 1.165) is 32.1 Å². The van der Waals surface area contributed by atoms with Gasteiger partial charge >= 0.3 is 0 Å². The van der Waals surface area contributed by atoms with E-state index in [1.807, 2.05) is 14.0 Å². The van der Waals surface area contributed by atoms with Crippen LogP contribution in [-0.2, 0) is 4.79 Å². The average molecular weight is 225 g/mol. The minimum Gasteiger partial charge on any atom is -0.345 e. The molecule has 2 heterocycles. The third kappa shape index (κ3) is 2.55. The van der Waals surface area contributed by atoms with Crippen molar-refractivity contribution in [1.82, 2.24) is 15.1 Å². The summed E-state index contributed by atoms with van der Waals surface area (Å²) in [5.74, 6) is 1.02. The second kappa shape index (κ2) is 5.15. The molecule has 2 unspecified atom stereocenters. The molecule has 2 aliphatic rings. The van der Waals surface area contributed by atoms with E-state index in [1.54, 1.807) is 4.90 Å². The van der Waals surface area contributed by atoms with Crippen LogP contribution in [0.2, 0.25) is 0 Å². The van der Waals surface area contributed by atoms with E-state index < -0.39 is 0 Å². The number of likely N-dealkylation sites (N-methyl/N-ethyl adjacent to an activating group) is 1. The molecule has 4 nitrogen and oxygen atoms in total. The Labute approximate surface area is 98.0 Å². The van der Waals surface area contributed by atoms with E-state index >= 15 is 0 Å². The molecule has 0 aromatic rings. The maximum absolute atomic E-state index is 11.8. The maximum atomic E-state index is 11.8. The predicted octanol–water partition coefficient (Wildman–Crippen LogP) is 0.149. The lowest BCUT2D eigenvalue weighted by atomic mass is 9.94. The molecule has 0 saturated carbocycles. The van der Waals surface area contributed by atoms with Gasteiger partial charge < -0.3 is 10.2 Å². The first kappa shape index (κ1) is 11.9. The van der Waals surface area contributed by atoms with Crippen LogP contribution in [0.4, 0.5) is 0 Å². The summed E-state index contributed by atoms with van der Waals surface area (Å²) in [5.41, 5.74) is 0. The van der Waals surface area contributed by atoms with Crippen molar-refractivity contribution in [2.75, 3.05) is 39.8 Å². The van der Waals surface area contributed by atoms with Crippen LogP contribution in [0.3, 0.4) is 0 Å². The fourth-order valence-corrected chi connectivity index (χ4v) is 2.75. The molecular formula is C12H23N3O. The third-order valence-corrected chi connectivity index (χ3v) is 3.93. The van der Waals surface area contributed by atoms with E-state index in [9.17, 15) is 4.79 Å². The number of rotatable bonds is 3. The van der Waals surface area contributed by atoms with Gasteiger partial charge in [-0.15, -0.1) is 0 Å². The minimum atomic E-state index is 0.251. The third-order valence-electron chi connectivity index (χ3n) is 3.93. The molecule has 2 rings (SSSR count). The SMILES string of the molecule is CCN(C)C(=O)CN1CC2CCCNC2C1. The highest BCUT2D eigenvalue weighted by Gasteiger charge is 2.34. The molecule has 0 aromatic heterocycles. The van der Waals surface area contributed by atoms with Crippen molar-refractivity contribution in [3.63, 3.8) is 0 Å². The van der Waals surface area contributed by atoms with Crippen molar-refractivity contribution >= 4 is 5.91 Å². The first-order valence-corrected chi connectivity index (χ1v) is 6.40. The van der Waals surface area contributed by atoms with Crippen molar-refractivity contribution in [2.45, 2.75) is 25.8 Å². The smallest absolute Gasteiger partial charge is 0.236 e. The number of amides is 1. The van der Waals surface area contributed by atoms with E-state index in [-0.39, 0.29) is 5.91 Å². The van der Waals surface area contributed by atoms with Crippen molar-refractivity contribution in [3.8, 4) is 0 Å². The van der Waals surface area contributed by atoms with Gasteiger partial charge in [-0.25, -0.2) is 0 Å².